The van der Waals surface area contributed by atoms with E-state index in [1.165, 1.54) is 4.90 Å². The zero-order valence-corrected chi connectivity index (χ0v) is 14.1. The summed E-state index contributed by atoms with van der Waals surface area (Å²) < 4.78 is 5.36. The SMILES string of the molecule is CC(O)CN(CCNC(C)c1ccn[nH]1)C(=O)OC(C)(C)C. The van der Waals surface area contributed by atoms with E-state index in [1.807, 2.05) is 33.8 Å². The van der Waals surface area contributed by atoms with E-state index >= 15 is 0 Å². The number of rotatable bonds is 7. The lowest BCUT2D eigenvalue weighted by atomic mass is 10.2. The fourth-order valence-electron chi connectivity index (χ4n) is 1.94. The van der Waals surface area contributed by atoms with Gasteiger partial charge in [0.15, 0.2) is 0 Å². The van der Waals surface area contributed by atoms with Gasteiger partial charge in [0.2, 0.25) is 0 Å². The normalized spacial score (nSPS) is 14.5. The maximum absolute atomic E-state index is 12.1. The van der Waals surface area contributed by atoms with Gasteiger partial charge in [-0.15, -0.1) is 0 Å². The van der Waals surface area contributed by atoms with Crippen LogP contribution in [-0.2, 0) is 4.74 Å². The molecule has 0 radical (unpaired) electrons. The van der Waals surface area contributed by atoms with Gasteiger partial charge in [0.1, 0.15) is 5.60 Å². The van der Waals surface area contributed by atoms with E-state index in [-0.39, 0.29) is 12.6 Å². The highest BCUT2D eigenvalue weighted by atomic mass is 16.6. The van der Waals surface area contributed by atoms with Crippen molar-refractivity contribution in [1.82, 2.24) is 20.4 Å². The van der Waals surface area contributed by atoms with Crippen LogP contribution in [0.2, 0.25) is 0 Å². The van der Waals surface area contributed by atoms with Crippen molar-refractivity contribution >= 4 is 6.09 Å². The molecule has 0 saturated heterocycles. The minimum absolute atomic E-state index is 0.106. The number of nitrogens with one attached hydrogen (secondary N) is 2. The molecule has 7 nitrogen and oxygen atoms in total. The number of hydrogen-bond donors (Lipinski definition) is 3. The number of aromatic nitrogens is 2. The Labute approximate surface area is 132 Å². The molecule has 0 spiro atoms. The Kier molecular flexibility index (Phi) is 6.83. The predicted molar refractivity (Wildman–Crippen MR) is 84.5 cm³/mol. The van der Waals surface area contributed by atoms with Crippen LogP contribution < -0.4 is 5.32 Å². The van der Waals surface area contributed by atoms with Crippen molar-refractivity contribution < 1.29 is 14.6 Å². The first-order valence-corrected chi connectivity index (χ1v) is 7.57. The second kappa shape index (κ2) is 8.14. The van der Waals surface area contributed by atoms with Gasteiger partial charge in [-0.25, -0.2) is 4.79 Å². The summed E-state index contributed by atoms with van der Waals surface area (Å²) in [4.78, 5) is 13.7. The maximum atomic E-state index is 12.1. The maximum Gasteiger partial charge on any atom is 0.410 e. The van der Waals surface area contributed by atoms with Crippen LogP contribution in [0.3, 0.4) is 0 Å². The molecule has 0 aliphatic carbocycles. The van der Waals surface area contributed by atoms with Crippen LogP contribution in [0, 0.1) is 0 Å². The number of aliphatic hydroxyl groups is 1. The summed E-state index contributed by atoms with van der Waals surface area (Å²) in [5.41, 5.74) is 0.435. The molecule has 1 aromatic rings. The average Bonchev–Trinajstić information content (AvgIpc) is 2.88. The fraction of sp³-hybridized carbons (Fsp3) is 0.733. The number of amides is 1. The number of H-pyrrole nitrogens is 1. The Hall–Kier alpha value is -1.60. The van der Waals surface area contributed by atoms with E-state index in [4.69, 9.17) is 4.74 Å². The van der Waals surface area contributed by atoms with E-state index in [1.54, 1.807) is 13.1 Å². The van der Waals surface area contributed by atoms with E-state index in [2.05, 4.69) is 15.5 Å². The van der Waals surface area contributed by atoms with Crippen LogP contribution in [0.4, 0.5) is 4.79 Å². The molecule has 126 valence electrons. The lowest BCUT2D eigenvalue weighted by Gasteiger charge is -2.28. The Morgan fingerprint density at radius 1 is 1.50 bits per heavy atom. The number of ether oxygens (including phenoxy) is 1. The van der Waals surface area contributed by atoms with E-state index in [0.717, 1.165) is 5.69 Å². The zero-order valence-electron chi connectivity index (χ0n) is 14.1. The molecule has 7 heteroatoms. The van der Waals surface area contributed by atoms with Crippen LogP contribution in [-0.4, -0.2) is 57.6 Å². The molecular formula is C15H28N4O3. The molecule has 1 rings (SSSR count). The van der Waals surface area contributed by atoms with Gasteiger partial charge in [-0.3, -0.25) is 5.10 Å². The molecule has 1 aromatic heterocycles. The van der Waals surface area contributed by atoms with Gasteiger partial charge in [-0.1, -0.05) is 0 Å². The van der Waals surface area contributed by atoms with Crippen molar-refractivity contribution in [1.29, 1.82) is 0 Å². The Bertz CT molecular complexity index is 440. The summed E-state index contributed by atoms with van der Waals surface area (Å²) in [6.07, 6.45) is 0.690. The van der Waals surface area contributed by atoms with Gasteiger partial charge >= 0.3 is 6.09 Å². The minimum atomic E-state index is -0.599. The van der Waals surface area contributed by atoms with Crippen LogP contribution >= 0.6 is 0 Å². The lowest BCUT2D eigenvalue weighted by molar-refractivity contribution is 0.0163. The number of hydrogen-bond acceptors (Lipinski definition) is 5. The van der Waals surface area contributed by atoms with Crippen molar-refractivity contribution in [2.75, 3.05) is 19.6 Å². The van der Waals surface area contributed by atoms with Crippen molar-refractivity contribution in [2.24, 2.45) is 0 Å². The zero-order chi connectivity index (χ0) is 16.8. The van der Waals surface area contributed by atoms with Gasteiger partial charge in [0.05, 0.1) is 11.8 Å². The first kappa shape index (κ1) is 18.4. The van der Waals surface area contributed by atoms with Gasteiger partial charge in [-0.2, -0.15) is 5.10 Å². The minimum Gasteiger partial charge on any atom is -0.444 e. The topological polar surface area (TPSA) is 90.5 Å². The summed E-state index contributed by atoms with van der Waals surface area (Å²) in [5, 5.41) is 19.7. The number of aliphatic hydroxyl groups excluding tert-OH is 1. The Morgan fingerprint density at radius 3 is 2.68 bits per heavy atom. The summed E-state index contributed by atoms with van der Waals surface area (Å²) in [6.45, 7) is 10.4. The van der Waals surface area contributed by atoms with Crippen LogP contribution in [0.25, 0.3) is 0 Å². The molecule has 0 aromatic carbocycles. The molecular weight excluding hydrogens is 284 g/mol. The van der Waals surface area contributed by atoms with Crippen molar-refractivity contribution in [3.63, 3.8) is 0 Å². The highest BCUT2D eigenvalue weighted by Crippen LogP contribution is 2.11. The van der Waals surface area contributed by atoms with Crippen LogP contribution in [0.1, 0.15) is 46.4 Å². The highest BCUT2D eigenvalue weighted by molar-refractivity contribution is 5.68. The van der Waals surface area contributed by atoms with Crippen LogP contribution in [0.15, 0.2) is 12.3 Å². The third kappa shape index (κ3) is 6.91. The molecule has 0 fully saturated rings. The fourth-order valence-corrected chi connectivity index (χ4v) is 1.94. The number of carbonyl (C=O) groups excluding carboxylic acids is 1. The lowest BCUT2D eigenvalue weighted by Crippen LogP contribution is -2.43. The largest absolute Gasteiger partial charge is 0.444 e. The number of nitrogens with zero attached hydrogens (tertiary/aromatic N) is 2. The first-order valence-electron chi connectivity index (χ1n) is 7.57. The molecule has 1 heterocycles. The smallest absolute Gasteiger partial charge is 0.410 e. The molecule has 2 unspecified atom stereocenters. The standard InChI is InChI=1S/C15H28N4O3/c1-11(20)10-19(14(21)22-15(3,4)5)9-8-16-12(2)13-6-7-17-18-13/h6-7,11-12,16,20H,8-10H2,1-5H3,(H,17,18). The van der Waals surface area contributed by atoms with E-state index in [9.17, 15) is 9.90 Å². The second-order valence-corrected chi connectivity index (χ2v) is 6.46. The van der Waals surface area contributed by atoms with Gasteiger partial charge < -0.3 is 20.1 Å². The third-order valence-corrected chi connectivity index (χ3v) is 2.96. The predicted octanol–water partition coefficient (Wildman–Crippen LogP) is 1.68. The quantitative estimate of drug-likeness (QED) is 0.712. The molecule has 0 aliphatic rings. The third-order valence-electron chi connectivity index (χ3n) is 2.96. The van der Waals surface area contributed by atoms with Crippen LogP contribution in [0.5, 0.6) is 0 Å². The molecule has 3 N–H and O–H groups in total. The molecule has 2 atom stereocenters. The van der Waals surface area contributed by atoms with Gasteiger partial charge in [0.25, 0.3) is 0 Å². The van der Waals surface area contributed by atoms with E-state index < -0.39 is 17.8 Å². The van der Waals surface area contributed by atoms with Gasteiger partial charge in [0, 0.05) is 31.9 Å². The average molecular weight is 312 g/mol. The molecule has 22 heavy (non-hydrogen) atoms. The second-order valence-electron chi connectivity index (χ2n) is 6.46. The Morgan fingerprint density at radius 2 is 2.18 bits per heavy atom. The Balaban J connectivity index is 2.49. The summed E-state index contributed by atoms with van der Waals surface area (Å²) >= 11 is 0. The van der Waals surface area contributed by atoms with Crippen molar-refractivity contribution in [3.05, 3.63) is 18.0 Å². The summed E-state index contributed by atoms with van der Waals surface area (Å²) in [7, 11) is 0. The van der Waals surface area contributed by atoms with Gasteiger partial charge in [-0.05, 0) is 40.7 Å². The summed E-state index contributed by atoms with van der Waals surface area (Å²) in [5.74, 6) is 0. The molecule has 0 aliphatic heterocycles. The van der Waals surface area contributed by atoms with E-state index in [0.29, 0.717) is 13.1 Å². The number of aromatic amines is 1. The monoisotopic (exact) mass is 312 g/mol. The first-order chi connectivity index (χ1) is 10.2. The van der Waals surface area contributed by atoms with Crippen molar-refractivity contribution in [2.45, 2.75) is 52.4 Å². The summed E-state index contributed by atoms with van der Waals surface area (Å²) in [6, 6.07) is 2.01. The number of carbonyl (C=O) groups is 1. The molecule has 1 amide bonds. The molecule has 0 bridgehead atoms. The highest BCUT2D eigenvalue weighted by Gasteiger charge is 2.23. The molecule has 0 saturated carbocycles. The van der Waals surface area contributed by atoms with Crippen molar-refractivity contribution in [3.8, 4) is 0 Å².